The second-order valence-corrected chi connectivity index (χ2v) is 10.5. The molecule has 0 radical (unpaired) electrons. The summed E-state index contributed by atoms with van der Waals surface area (Å²) in [4.78, 5) is 13.0. The number of aromatic nitrogens is 2. The van der Waals surface area contributed by atoms with Crippen molar-refractivity contribution >= 4 is 88.2 Å². The summed E-state index contributed by atoms with van der Waals surface area (Å²) in [5, 5.41) is 15.5. The Morgan fingerprint density at radius 3 is 2.29 bits per heavy atom. The van der Waals surface area contributed by atoms with Gasteiger partial charge in [-0.2, -0.15) is 5.26 Å². The molecular formula is C27H35F3IN8PS. The molecule has 0 aliphatic carbocycles. The highest BCUT2D eigenvalue weighted by Gasteiger charge is 2.21. The van der Waals surface area contributed by atoms with Crippen molar-refractivity contribution in [3.05, 3.63) is 53.7 Å². The van der Waals surface area contributed by atoms with Crippen LogP contribution in [-0.2, 0) is 0 Å². The number of aliphatic imine (C=N–C) groups is 1. The van der Waals surface area contributed by atoms with Crippen molar-refractivity contribution in [3.63, 3.8) is 0 Å². The van der Waals surface area contributed by atoms with E-state index in [2.05, 4.69) is 67.2 Å². The molecule has 2 aromatic heterocycles. The molecule has 1 aromatic carbocycles. The predicted octanol–water partition coefficient (Wildman–Crippen LogP) is 9.55. The summed E-state index contributed by atoms with van der Waals surface area (Å²) in [5.41, 5.74) is 1.72. The molecule has 0 saturated carbocycles. The first kappa shape index (κ1) is 36.2. The van der Waals surface area contributed by atoms with E-state index in [1.165, 1.54) is 29.4 Å². The van der Waals surface area contributed by atoms with E-state index in [0.29, 0.717) is 40.2 Å². The van der Waals surface area contributed by atoms with Gasteiger partial charge in [-0.1, -0.05) is 52.6 Å². The average Bonchev–Trinajstić information content (AvgIpc) is 2.97. The van der Waals surface area contributed by atoms with Crippen LogP contribution in [0.3, 0.4) is 0 Å². The largest absolute Gasteiger partial charge is 0.352 e. The fourth-order valence-corrected chi connectivity index (χ4v) is 5.34. The third-order valence-corrected chi connectivity index (χ3v) is 7.50. The second kappa shape index (κ2) is 18.6. The first-order chi connectivity index (χ1) is 19.7. The number of hydrogen-bond acceptors (Lipinski definition) is 9. The first-order valence-corrected chi connectivity index (χ1v) is 17.2. The molecule has 0 aliphatic heterocycles. The Kier molecular flexibility index (Phi) is 16.4. The standard InChI is InChI=1S/C23H23F3IN8PS.2C2H6/c1-13(24)12-35(36-27)23-21(29-2)17(10-20(33-23)32-19-6-4-5-15(11-28)30-19)31-16-8-7-14(22(25)26)9-18(16)34(3)37;2*1-2/h4-10,13,22,36-37H,2,12H2,1,3H3,(H2,30,31,32,33);2*1-2H3. The molecule has 0 fully saturated rings. The highest BCUT2D eigenvalue weighted by molar-refractivity contribution is 14.2. The average molecular weight is 719 g/mol. The summed E-state index contributed by atoms with van der Waals surface area (Å²) in [6.07, 6.45) is -3.66. The maximum Gasteiger partial charge on any atom is 0.263 e. The van der Waals surface area contributed by atoms with E-state index in [4.69, 9.17) is 0 Å². The molecule has 41 heavy (non-hydrogen) atoms. The van der Waals surface area contributed by atoms with E-state index in [1.807, 2.05) is 33.8 Å². The van der Waals surface area contributed by atoms with Crippen molar-refractivity contribution in [2.75, 3.05) is 33.2 Å². The number of nitrogens with one attached hydrogen (secondary N) is 2. The molecule has 2 heterocycles. The van der Waals surface area contributed by atoms with Crippen molar-refractivity contribution in [1.29, 1.82) is 5.26 Å². The van der Waals surface area contributed by atoms with Gasteiger partial charge in [-0.3, -0.25) is 4.99 Å². The van der Waals surface area contributed by atoms with Crippen molar-refractivity contribution in [2.24, 2.45) is 4.99 Å². The quantitative estimate of drug-likeness (QED) is 0.0788. The fraction of sp³-hybridized carbons (Fsp3) is 0.333. The maximum atomic E-state index is 14.0. The summed E-state index contributed by atoms with van der Waals surface area (Å²) in [6, 6.07) is 12.7. The van der Waals surface area contributed by atoms with Gasteiger partial charge in [0.05, 0.1) is 23.6 Å². The molecule has 8 nitrogen and oxygen atoms in total. The minimum Gasteiger partial charge on any atom is -0.352 e. The third-order valence-electron chi connectivity index (χ3n) is 4.94. The van der Waals surface area contributed by atoms with Crippen LogP contribution in [0.15, 0.2) is 47.5 Å². The highest BCUT2D eigenvalue weighted by Crippen LogP contribution is 2.45. The first-order valence-electron chi connectivity index (χ1n) is 12.7. The van der Waals surface area contributed by atoms with Crippen molar-refractivity contribution in [1.82, 2.24) is 9.97 Å². The van der Waals surface area contributed by atoms with Crippen LogP contribution in [-0.4, -0.2) is 36.4 Å². The number of hydrogen-bond donors (Lipinski definition) is 3. The fourth-order valence-electron chi connectivity index (χ4n) is 3.34. The lowest BCUT2D eigenvalue weighted by atomic mass is 10.1. The minimum atomic E-state index is -2.65. The molecule has 3 aromatic rings. The number of nitriles is 1. The lowest BCUT2D eigenvalue weighted by Gasteiger charge is -2.26. The number of thiol groups is 1. The summed E-state index contributed by atoms with van der Waals surface area (Å²) in [5.74, 6) is 1.08. The van der Waals surface area contributed by atoms with Crippen LogP contribution in [0.2, 0.25) is 0 Å². The van der Waals surface area contributed by atoms with Gasteiger partial charge in [0.1, 0.15) is 35.3 Å². The van der Waals surface area contributed by atoms with Crippen LogP contribution in [0.1, 0.15) is 52.3 Å². The predicted molar refractivity (Wildman–Crippen MR) is 181 cm³/mol. The molecule has 2 atom stereocenters. The number of nitrogens with zero attached hydrogens (tertiary/aromatic N) is 6. The second-order valence-electron chi connectivity index (χ2n) is 7.73. The zero-order valence-electron chi connectivity index (χ0n) is 23.8. The Morgan fingerprint density at radius 2 is 1.76 bits per heavy atom. The van der Waals surface area contributed by atoms with Gasteiger partial charge in [0.25, 0.3) is 6.43 Å². The SMILES string of the molecule is C=Nc1c(Nc2ccc(C(F)F)cc2N(C)S)cc(Nc2cccc(C#N)n2)nc1N(CC(C)F)PI.CC.CC. The molecule has 3 rings (SSSR count). The van der Waals surface area contributed by atoms with Gasteiger partial charge in [-0.25, -0.2) is 23.1 Å². The van der Waals surface area contributed by atoms with Gasteiger partial charge in [0.2, 0.25) is 0 Å². The molecule has 14 heteroatoms. The van der Waals surface area contributed by atoms with E-state index in [1.54, 1.807) is 36.0 Å². The normalized spacial score (nSPS) is 11.0. The van der Waals surface area contributed by atoms with E-state index in [-0.39, 0.29) is 24.2 Å². The van der Waals surface area contributed by atoms with Crippen molar-refractivity contribution < 1.29 is 13.2 Å². The van der Waals surface area contributed by atoms with Crippen LogP contribution in [0.25, 0.3) is 0 Å². The minimum absolute atomic E-state index is 0.0652. The van der Waals surface area contributed by atoms with Gasteiger partial charge in [0.15, 0.2) is 5.82 Å². The van der Waals surface area contributed by atoms with Crippen LogP contribution in [0.5, 0.6) is 0 Å². The number of alkyl halides is 3. The van der Waals surface area contributed by atoms with Crippen molar-refractivity contribution in [3.8, 4) is 6.07 Å². The van der Waals surface area contributed by atoms with Gasteiger partial charge < -0.3 is 19.6 Å². The molecule has 0 bridgehead atoms. The van der Waals surface area contributed by atoms with E-state index < -0.39 is 12.6 Å². The number of halogens is 4. The zero-order chi connectivity index (χ0) is 31.1. The molecule has 0 amide bonds. The maximum absolute atomic E-state index is 14.0. The molecule has 0 aliphatic rings. The van der Waals surface area contributed by atoms with E-state index in [9.17, 15) is 18.4 Å². The monoisotopic (exact) mass is 718 g/mol. The lowest BCUT2D eigenvalue weighted by Crippen LogP contribution is -2.21. The van der Waals surface area contributed by atoms with Gasteiger partial charge in [0, 0.05) is 25.1 Å². The number of benzene rings is 1. The molecule has 2 unspecified atom stereocenters. The Morgan fingerprint density at radius 1 is 1.07 bits per heavy atom. The highest BCUT2D eigenvalue weighted by atomic mass is 127. The topological polar surface area (TPSA) is 92.5 Å². The Hall–Kier alpha value is -2.82. The molecule has 0 spiro atoms. The Bertz CT molecular complexity index is 1310. The van der Waals surface area contributed by atoms with Crippen molar-refractivity contribution in [2.45, 2.75) is 47.2 Å². The molecular weight excluding hydrogens is 683 g/mol. The Labute approximate surface area is 260 Å². The molecule has 222 valence electrons. The van der Waals surface area contributed by atoms with Crippen LogP contribution < -0.4 is 19.6 Å². The summed E-state index contributed by atoms with van der Waals surface area (Å²) < 4.78 is 43.8. The summed E-state index contributed by atoms with van der Waals surface area (Å²) >= 11 is 6.43. The Balaban J connectivity index is 0.00000201. The smallest absolute Gasteiger partial charge is 0.263 e. The molecule has 2 N–H and O–H groups in total. The third kappa shape index (κ3) is 10.5. The summed E-state index contributed by atoms with van der Waals surface area (Å²) in [6.45, 7) is 13.2. The van der Waals surface area contributed by atoms with Gasteiger partial charge in [-0.15, -0.1) is 0 Å². The van der Waals surface area contributed by atoms with E-state index >= 15 is 0 Å². The number of anilines is 6. The number of rotatable bonds is 11. The van der Waals surface area contributed by atoms with Crippen LogP contribution in [0.4, 0.5) is 53.4 Å². The van der Waals surface area contributed by atoms with Crippen LogP contribution >= 0.6 is 41.2 Å². The van der Waals surface area contributed by atoms with Gasteiger partial charge >= 0.3 is 0 Å². The van der Waals surface area contributed by atoms with E-state index in [0.717, 1.165) is 0 Å². The molecule has 0 saturated heterocycles. The zero-order valence-corrected chi connectivity index (χ0v) is 27.8. The summed E-state index contributed by atoms with van der Waals surface area (Å²) in [7, 11) is 1.62. The number of pyridine rings is 2. The lowest BCUT2D eigenvalue weighted by molar-refractivity contribution is 0.151. The van der Waals surface area contributed by atoms with Crippen LogP contribution in [0, 0.1) is 11.3 Å². The van der Waals surface area contributed by atoms with Gasteiger partial charge in [-0.05, 0) is 59.9 Å².